The molecule has 1 aromatic carbocycles. The van der Waals surface area contributed by atoms with Gasteiger partial charge in [-0.05, 0) is 57.9 Å². The van der Waals surface area contributed by atoms with E-state index in [1.54, 1.807) is 13.8 Å². The maximum atomic E-state index is 12.8. The maximum absolute atomic E-state index is 12.8. The van der Waals surface area contributed by atoms with Crippen LogP contribution in [0.3, 0.4) is 0 Å². The molecule has 1 aliphatic rings. The smallest absolute Gasteiger partial charge is 0.253 e. The van der Waals surface area contributed by atoms with Crippen molar-refractivity contribution in [1.82, 2.24) is 14.5 Å². The van der Waals surface area contributed by atoms with Crippen LogP contribution in [0.4, 0.5) is 0 Å². The van der Waals surface area contributed by atoms with Gasteiger partial charge in [-0.15, -0.1) is 0 Å². The summed E-state index contributed by atoms with van der Waals surface area (Å²) in [6.07, 6.45) is 4.15. The van der Waals surface area contributed by atoms with Crippen LogP contribution in [0.5, 0.6) is 0 Å². The minimum Gasteiger partial charge on any atom is -0.349 e. The summed E-state index contributed by atoms with van der Waals surface area (Å²) in [7, 11) is -2.14. The van der Waals surface area contributed by atoms with Crippen LogP contribution in [0, 0.1) is 0 Å². The molecule has 1 aromatic rings. The molecule has 0 aliphatic carbocycles. The summed E-state index contributed by atoms with van der Waals surface area (Å²) >= 11 is 6.20. The van der Waals surface area contributed by atoms with E-state index < -0.39 is 10.0 Å². The van der Waals surface area contributed by atoms with Gasteiger partial charge in [-0.3, -0.25) is 4.79 Å². The SMILES string of the molecule is CCCCN1CCC(NC(=O)c2cc(S(=O)(=O)N(C)C(C)C)ccc2Cl)CC1. The molecule has 1 saturated heterocycles. The lowest BCUT2D eigenvalue weighted by molar-refractivity contribution is 0.0910. The lowest BCUT2D eigenvalue weighted by Crippen LogP contribution is -2.45. The van der Waals surface area contributed by atoms with E-state index in [4.69, 9.17) is 11.6 Å². The number of hydrogen-bond acceptors (Lipinski definition) is 4. The quantitative estimate of drug-likeness (QED) is 0.687. The van der Waals surface area contributed by atoms with Crippen LogP contribution in [0.2, 0.25) is 5.02 Å². The molecule has 1 aliphatic heterocycles. The van der Waals surface area contributed by atoms with Crippen LogP contribution >= 0.6 is 11.6 Å². The number of carbonyl (C=O) groups excluding carboxylic acids is 1. The summed E-state index contributed by atoms with van der Waals surface area (Å²) in [4.78, 5) is 15.3. The Labute approximate surface area is 174 Å². The fourth-order valence-corrected chi connectivity index (χ4v) is 4.83. The molecule has 28 heavy (non-hydrogen) atoms. The zero-order valence-electron chi connectivity index (χ0n) is 17.2. The van der Waals surface area contributed by atoms with E-state index in [-0.39, 0.29) is 33.5 Å². The van der Waals surface area contributed by atoms with Gasteiger partial charge >= 0.3 is 0 Å². The number of likely N-dealkylation sites (tertiary alicyclic amines) is 1. The molecule has 8 heteroatoms. The highest BCUT2D eigenvalue weighted by molar-refractivity contribution is 7.89. The number of sulfonamides is 1. The molecule has 0 spiro atoms. The number of unbranched alkanes of at least 4 members (excludes halogenated alkanes) is 1. The summed E-state index contributed by atoms with van der Waals surface area (Å²) in [5.74, 6) is -0.318. The molecule has 1 N–H and O–H groups in total. The third kappa shape index (κ3) is 5.69. The van der Waals surface area contributed by atoms with Gasteiger partial charge in [0.1, 0.15) is 0 Å². The largest absolute Gasteiger partial charge is 0.349 e. The average molecular weight is 430 g/mol. The Morgan fingerprint density at radius 2 is 1.96 bits per heavy atom. The molecule has 0 atom stereocenters. The lowest BCUT2D eigenvalue weighted by Gasteiger charge is -2.32. The van der Waals surface area contributed by atoms with Crippen LogP contribution < -0.4 is 5.32 Å². The van der Waals surface area contributed by atoms with Crippen molar-refractivity contribution in [2.45, 2.75) is 63.4 Å². The fourth-order valence-electron chi connectivity index (χ4n) is 3.23. The number of halogens is 1. The van der Waals surface area contributed by atoms with Crippen molar-refractivity contribution >= 4 is 27.5 Å². The number of hydrogen-bond donors (Lipinski definition) is 1. The van der Waals surface area contributed by atoms with Crippen molar-refractivity contribution in [2.75, 3.05) is 26.7 Å². The Morgan fingerprint density at radius 3 is 2.54 bits per heavy atom. The molecule has 0 radical (unpaired) electrons. The van der Waals surface area contributed by atoms with Gasteiger partial charge in [0.05, 0.1) is 15.5 Å². The van der Waals surface area contributed by atoms with Gasteiger partial charge in [-0.25, -0.2) is 8.42 Å². The molecule has 0 aromatic heterocycles. The second-order valence-corrected chi connectivity index (χ2v) is 10.1. The monoisotopic (exact) mass is 429 g/mol. The van der Waals surface area contributed by atoms with Crippen molar-refractivity contribution in [1.29, 1.82) is 0 Å². The third-order valence-electron chi connectivity index (χ3n) is 5.34. The minimum absolute atomic E-state index is 0.0765. The molecule has 1 heterocycles. The first-order chi connectivity index (χ1) is 13.2. The first-order valence-electron chi connectivity index (χ1n) is 9.97. The predicted molar refractivity (Wildman–Crippen MR) is 113 cm³/mol. The van der Waals surface area contributed by atoms with Crippen molar-refractivity contribution in [3.8, 4) is 0 Å². The van der Waals surface area contributed by atoms with Gasteiger partial charge in [-0.1, -0.05) is 24.9 Å². The van der Waals surface area contributed by atoms with Crippen LogP contribution in [0.25, 0.3) is 0 Å². The van der Waals surface area contributed by atoms with Crippen molar-refractivity contribution < 1.29 is 13.2 Å². The highest BCUT2D eigenvalue weighted by Crippen LogP contribution is 2.24. The van der Waals surface area contributed by atoms with E-state index in [2.05, 4.69) is 17.1 Å². The number of piperidine rings is 1. The minimum atomic E-state index is -3.67. The standard InChI is InChI=1S/C20H32ClN3O3S/c1-5-6-11-24-12-9-16(10-13-24)22-20(25)18-14-17(7-8-19(18)21)28(26,27)23(4)15(2)3/h7-8,14-16H,5-6,9-13H2,1-4H3,(H,22,25). The van der Waals surface area contributed by atoms with E-state index in [0.29, 0.717) is 0 Å². The summed E-state index contributed by atoms with van der Waals surface area (Å²) in [6.45, 7) is 8.82. The third-order valence-corrected chi connectivity index (χ3v) is 7.70. The van der Waals surface area contributed by atoms with Crippen LogP contribution in [-0.2, 0) is 10.0 Å². The summed E-state index contributed by atoms with van der Waals surface area (Å²) in [5.41, 5.74) is 0.202. The fraction of sp³-hybridized carbons (Fsp3) is 0.650. The van der Waals surface area contributed by atoms with Crippen molar-refractivity contribution in [3.63, 3.8) is 0 Å². The van der Waals surface area contributed by atoms with Gasteiger partial charge in [0.25, 0.3) is 5.91 Å². The Kier molecular flexibility index (Phi) is 8.30. The van der Waals surface area contributed by atoms with Crippen LogP contribution in [-0.4, -0.2) is 62.3 Å². The first kappa shape index (κ1) is 23.1. The number of amides is 1. The van der Waals surface area contributed by atoms with E-state index in [9.17, 15) is 13.2 Å². The van der Waals surface area contributed by atoms with Gasteiger partial charge in [0, 0.05) is 32.2 Å². The van der Waals surface area contributed by atoms with Crippen molar-refractivity contribution in [2.24, 2.45) is 0 Å². The lowest BCUT2D eigenvalue weighted by atomic mass is 10.0. The molecule has 0 unspecified atom stereocenters. The zero-order chi connectivity index (χ0) is 20.9. The Hall–Kier alpha value is -1.15. The highest BCUT2D eigenvalue weighted by atomic mass is 35.5. The molecule has 1 amide bonds. The summed E-state index contributed by atoms with van der Waals surface area (Å²) < 4.78 is 26.7. The Morgan fingerprint density at radius 1 is 1.32 bits per heavy atom. The maximum Gasteiger partial charge on any atom is 0.253 e. The molecular formula is C20H32ClN3O3S. The van der Waals surface area contributed by atoms with Crippen LogP contribution in [0.1, 0.15) is 56.8 Å². The summed E-state index contributed by atoms with van der Waals surface area (Å²) in [5, 5.41) is 3.28. The Balaban J connectivity index is 2.08. The van der Waals surface area contributed by atoms with E-state index in [0.717, 1.165) is 32.5 Å². The van der Waals surface area contributed by atoms with E-state index in [1.807, 2.05) is 0 Å². The van der Waals surface area contributed by atoms with E-state index >= 15 is 0 Å². The Bertz CT molecular complexity index is 775. The van der Waals surface area contributed by atoms with Crippen molar-refractivity contribution in [3.05, 3.63) is 28.8 Å². The number of benzene rings is 1. The molecular weight excluding hydrogens is 398 g/mol. The second-order valence-electron chi connectivity index (χ2n) is 7.70. The normalized spacial score (nSPS) is 16.7. The first-order valence-corrected chi connectivity index (χ1v) is 11.8. The zero-order valence-corrected chi connectivity index (χ0v) is 18.8. The van der Waals surface area contributed by atoms with Gasteiger partial charge < -0.3 is 10.2 Å². The highest BCUT2D eigenvalue weighted by Gasteiger charge is 2.26. The number of nitrogens with zero attached hydrogens (tertiary/aromatic N) is 2. The second kappa shape index (κ2) is 10.1. The van der Waals surface area contributed by atoms with Gasteiger partial charge in [0.2, 0.25) is 10.0 Å². The average Bonchev–Trinajstić information content (AvgIpc) is 2.66. The topological polar surface area (TPSA) is 69.7 Å². The number of rotatable bonds is 8. The number of carbonyl (C=O) groups is 1. The van der Waals surface area contributed by atoms with Crippen LogP contribution in [0.15, 0.2) is 23.1 Å². The molecule has 0 saturated carbocycles. The molecule has 2 rings (SSSR count). The molecule has 0 bridgehead atoms. The van der Waals surface area contributed by atoms with E-state index in [1.165, 1.54) is 42.4 Å². The number of nitrogens with one attached hydrogen (secondary N) is 1. The predicted octanol–water partition coefficient (Wildman–Crippen LogP) is 3.36. The molecule has 158 valence electrons. The molecule has 6 nitrogen and oxygen atoms in total. The van der Waals surface area contributed by atoms with Gasteiger partial charge in [-0.2, -0.15) is 4.31 Å². The summed E-state index contributed by atoms with van der Waals surface area (Å²) in [6, 6.07) is 4.20. The van der Waals surface area contributed by atoms with Gasteiger partial charge in [0.15, 0.2) is 0 Å². The molecule has 1 fully saturated rings.